The molecule has 1 N–H and O–H groups in total. The first-order valence-corrected chi connectivity index (χ1v) is 9.94. The smallest absolute Gasteiger partial charge is 0.317 e. The summed E-state index contributed by atoms with van der Waals surface area (Å²) < 4.78 is 5.66. The minimum absolute atomic E-state index is 0.455. The van der Waals surface area contributed by atoms with E-state index in [4.69, 9.17) is 4.74 Å². The summed E-state index contributed by atoms with van der Waals surface area (Å²) in [6.45, 7) is 6.15. The van der Waals surface area contributed by atoms with Crippen LogP contribution in [0.25, 0.3) is 11.0 Å². The molecule has 0 aliphatic carbocycles. The topological polar surface area (TPSA) is 66.9 Å². The maximum atomic E-state index is 5.66. The van der Waals surface area contributed by atoms with E-state index >= 15 is 0 Å². The molecule has 0 radical (unpaired) electrons. The number of aromatic nitrogens is 4. The van der Waals surface area contributed by atoms with Crippen LogP contribution in [0.1, 0.15) is 49.4 Å². The predicted molar refractivity (Wildman–Crippen MR) is 106 cm³/mol. The van der Waals surface area contributed by atoms with Crippen LogP contribution in [0.3, 0.4) is 0 Å². The fourth-order valence-electron chi connectivity index (χ4n) is 3.50. The summed E-state index contributed by atoms with van der Waals surface area (Å²) >= 11 is 0. The van der Waals surface area contributed by atoms with E-state index in [0.29, 0.717) is 12.6 Å². The van der Waals surface area contributed by atoms with Gasteiger partial charge in [0.15, 0.2) is 0 Å². The van der Waals surface area contributed by atoms with Gasteiger partial charge in [0.05, 0.1) is 29.5 Å². The Morgan fingerprint density at radius 1 is 1.15 bits per heavy atom. The maximum Gasteiger partial charge on any atom is 0.317 e. The van der Waals surface area contributed by atoms with Gasteiger partial charge in [-0.25, -0.2) is 4.98 Å². The number of pyridine rings is 1. The van der Waals surface area contributed by atoms with E-state index in [-0.39, 0.29) is 0 Å². The van der Waals surface area contributed by atoms with Gasteiger partial charge in [-0.1, -0.05) is 19.4 Å². The Bertz CT molecular complexity index is 868. The fraction of sp³-hybridized carbons (Fsp3) is 0.476. The molecule has 0 amide bonds. The first-order valence-electron chi connectivity index (χ1n) is 9.94. The predicted octanol–water partition coefficient (Wildman–Crippen LogP) is 3.72. The highest BCUT2D eigenvalue weighted by Crippen LogP contribution is 2.21. The molecule has 0 unspecified atom stereocenters. The lowest BCUT2D eigenvalue weighted by Gasteiger charge is -2.13. The number of hydrogen-bond donors (Lipinski definition) is 1. The van der Waals surface area contributed by atoms with Crippen molar-refractivity contribution in [2.75, 3.05) is 19.7 Å². The Kier molecular flexibility index (Phi) is 5.63. The minimum atomic E-state index is 0.455. The molecule has 6 nitrogen and oxygen atoms in total. The first kappa shape index (κ1) is 17.9. The molecule has 4 heterocycles. The highest BCUT2D eigenvalue weighted by atomic mass is 16.5. The highest BCUT2D eigenvalue weighted by Gasteiger charge is 2.13. The second kappa shape index (κ2) is 8.48. The van der Waals surface area contributed by atoms with Gasteiger partial charge < -0.3 is 9.72 Å². The number of aromatic amines is 1. The SMILES string of the molecule is CCCCOc1ncc2[nH]cc(Cc3ccc(CN4CCCC4)nc3)c2n1. The standard InChI is InChI=1S/C21H27N5O/c1-2-3-10-27-21-24-14-19-20(25-21)17(13-23-19)11-16-6-7-18(22-12-16)15-26-8-4-5-9-26/h6-7,12-14,23H,2-5,8-11,15H2,1H3. The lowest BCUT2D eigenvalue weighted by molar-refractivity contribution is 0.286. The van der Waals surface area contributed by atoms with Crippen LogP contribution in [-0.2, 0) is 13.0 Å². The Hall–Kier alpha value is -2.47. The third-order valence-corrected chi connectivity index (χ3v) is 5.07. The second-order valence-electron chi connectivity index (χ2n) is 7.25. The molecule has 1 aliphatic heterocycles. The lowest BCUT2D eigenvalue weighted by Crippen LogP contribution is -2.19. The molecule has 0 saturated carbocycles. The molecule has 27 heavy (non-hydrogen) atoms. The molecule has 0 bridgehead atoms. The van der Waals surface area contributed by atoms with Crippen LogP contribution in [0.15, 0.2) is 30.7 Å². The van der Waals surface area contributed by atoms with Crippen LogP contribution in [0.5, 0.6) is 6.01 Å². The van der Waals surface area contributed by atoms with E-state index in [1.54, 1.807) is 6.20 Å². The molecule has 3 aromatic heterocycles. The number of likely N-dealkylation sites (tertiary alicyclic amines) is 1. The third-order valence-electron chi connectivity index (χ3n) is 5.07. The van der Waals surface area contributed by atoms with Gasteiger partial charge in [0.25, 0.3) is 0 Å². The van der Waals surface area contributed by atoms with Crippen LogP contribution in [-0.4, -0.2) is 44.5 Å². The third kappa shape index (κ3) is 4.45. The van der Waals surface area contributed by atoms with Crippen molar-refractivity contribution < 1.29 is 4.74 Å². The van der Waals surface area contributed by atoms with E-state index < -0.39 is 0 Å². The van der Waals surface area contributed by atoms with E-state index in [0.717, 1.165) is 48.1 Å². The van der Waals surface area contributed by atoms with E-state index in [2.05, 4.69) is 43.9 Å². The molecule has 0 aromatic carbocycles. The molecule has 0 atom stereocenters. The van der Waals surface area contributed by atoms with Crippen LogP contribution in [0.4, 0.5) is 0 Å². The Balaban J connectivity index is 1.45. The molecule has 0 spiro atoms. The largest absolute Gasteiger partial charge is 0.463 e. The number of nitrogens with one attached hydrogen (secondary N) is 1. The molecular formula is C21H27N5O. The molecule has 142 valence electrons. The average molecular weight is 365 g/mol. The van der Waals surface area contributed by atoms with Crippen LogP contribution in [0, 0.1) is 0 Å². The van der Waals surface area contributed by atoms with Gasteiger partial charge in [-0.2, -0.15) is 4.98 Å². The summed E-state index contributed by atoms with van der Waals surface area (Å²) in [5.41, 5.74) is 5.34. The zero-order chi connectivity index (χ0) is 18.5. The molecule has 3 aromatic rings. The van der Waals surface area contributed by atoms with Gasteiger partial charge in [0.1, 0.15) is 0 Å². The summed E-state index contributed by atoms with van der Waals surface area (Å²) in [5.74, 6) is 0. The number of fused-ring (bicyclic) bond motifs is 1. The average Bonchev–Trinajstić information content (AvgIpc) is 3.34. The summed E-state index contributed by atoms with van der Waals surface area (Å²) in [5, 5.41) is 0. The van der Waals surface area contributed by atoms with Crippen molar-refractivity contribution >= 4 is 11.0 Å². The van der Waals surface area contributed by atoms with Crippen molar-refractivity contribution in [3.8, 4) is 6.01 Å². The minimum Gasteiger partial charge on any atom is -0.463 e. The molecule has 1 aliphatic rings. The Labute approximate surface area is 160 Å². The van der Waals surface area contributed by atoms with Crippen molar-refractivity contribution in [1.29, 1.82) is 0 Å². The zero-order valence-electron chi connectivity index (χ0n) is 15.9. The van der Waals surface area contributed by atoms with E-state index in [1.807, 2.05) is 12.4 Å². The number of nitrogens with zero attached hydrogens (tertiary/aromatic N) is 4. The van der Waals surface area contributed by atoms with Crippen molar-refractivity contribution in [3.05, 3.63) is 47.5 Å². The fourth-order valence-corrected chi connectivity index (χ4v) is 3.50. The van der Waals surface area contributed by atoms with Crippen molar-refractivity contribution in [1.82, 2.24) is 24.8 Å². The first-order chi connectivity index (χ1) is 13.3. The van der Waals surface area contributed by atoms with Gasteiger partial charge in [-0.3, -0.25) is 9.88 Å². The number of ether oxygens (including phenoxy) is 1. The quantitative estimate of drug-likeness (QED) is 0.616. The van der Waals surface area contributed by atoms with Crippen LogP contribution < -0.4 is 4.74 Å². The van der Waals surface area contributed by atoms with Crippen LogP contribution >= 0.6 is 0 Å². The molecular weight excluding hydrogens is 338 g/mol. The highest BCUT2D eigenvalue weighted by molar-refractivity contribution is 5.78. The molecule has 4 rings (SSSR count). The number of H-pyrrole nitrogens is 1. The number of hydrogen-bond acceptors (Lipinski definition) is 5. The molecule has 1 fully saturated rings. The molecule has 6 heteroatoms. The van der Waals surface area contributed by atoms with Gasteiger partial charge in [0.2, 0.25) is 0 Å². The number of unbranched alkanes of at least 4 members (excludes halogenated alkanes) is 1. The van der Waals surface area contributed by atoms with Crippen molar-refractivity contribution in [2.45, 2.75) is 45.6 Å². The van der Waals surface area contributed by atoms with Gasteiger partial charge in [-0.05, 0) is 44.0 Å². The van der Waals surface area contributed by atoms with Gasteiger partial charge in [-0.15, -0.1) is 0 Å². The Morgan fingerprint density at radius 2 is 2.04 bits per heavy atom. The molecule has 1 saturated heterocycles. The summed E-state index contributed by atoms with van der Waals surface area (Å²) in [7, 11) is 0. The second-order valence-corrected chi connectivity index (χ2v) is 7.25. The van der Waals surface area contributed by atoms with Gasteiger partial charge >= 0.3 is 6.01 Å². The van der Waals surface area contributed by atoms with Gasteiger partial charge in [0, 0.05) is 30.9 Å². The zero-order valence-corrected chi connectivity index (χ0v) is 15.9. The lowest BCUT2D eigenvalue weighted by atomic mass is 10.1. The monoisotopic (exact) mass is 365 g/mol. The van der Waals surface area contributed by atoms with E-state index in [1.165, 1.54) is 31.5 Å². The van der Waals surface area contributed by atoms with E-state index in [9.17, 15) is 0 Å². The summed E-state index contributed by atoms with van der Waals surface area (Å²) in [6.07, 6.45) is 11.3. The Morgan fingerprint density at radius 3 is 2.81 bits per heavy atom. The summed E-state index contributed by atoms with van der Waals surface area (Å²) in [6, 6.07) is 4.78. The van der Waals surface area contributed by atoms with Crippen molar-refractivity contribution in [2.24, 2.45) is 0 Å². The number of rotatable bonds is 8. The normalized spacial score (nSPS) is 14.9. The summed E-state index contributed by atoms with van der Waals surface area (Å²) in [4.78, 5) is 19.3. The maximum absolute atomic E-state index is 5.66. The van der Waals surface area contributed by atoms with Crippen molar-refractivity contribution in [3.63, 3.8) is 0 Å². The van der Waals surface area contributed by atoms with Crippen LogP contribution in [0.2, 0.25) is 0 Å².